The van der Waals surface area contributed by atoms with Crippen molar-refractivity contribution >= 4 is 34.8 Å². The standard InChI is InChI=1S/C23H23Cl2N3O/c1-2-17-5-3-4-6-19(17)22(28-21-8-7-18(24)15-20(21)25)23(29)27-14-11-16-9-12-26-13-10-16/h3-10,12-13,15,22,28H,2,11,14H2,1H3,(H,27,29). The van der Waals surface area contributed by atoms with E-state index in [0.717, 1.165) is 29.5 Å². The van der Waals surface area contributed by atoms with E-state index in [-0.39, 0.29) is 5.91 Å². The number of rotatable bonds is 8. The fraction of sp³-hybridized carbons (Fsp3) is 0.217. The van der Waals surface area contributed by atoms with E-state index < -0.39 is 6.04 Å². The average Bonchev–Trinajstić information content (AvgIpc) is 2.74. The van der Waals surface area contributed by atoms with Crippen molar-refractivity contribution in [1.29, 1.82) is 0 Å². The quantitative estimate of drug-likeness (QED) is 0.501. The van der Waals surface area contributed by atoms with Crippen LogP contribution < -0.4 is 10.6 Å². The van der Waals surface area contributed by atoms with E-state index in [2.05, 4.69) is 22.5 Å². The summed E-state index contributed by atoms with van der Waals surface area (Å²) in [4.78, 5) is 17.1. The van der Waals surface area contributed by atoms with Crippen LogP contribution in [0.4, 0.5) is 5.69 Å². The van der Waals surface area contributed by atoms with E-state index in [9.17, 15) is 4.79 Å². The minimum Gasteiger partial charge on any atom is -0.369 e. The number of hydrogen-bond acceptors (Lipinski definition) is 3. The van der Waals surface area contributed by atoms with E-state index >= 15 is 0 Å². The van der Waals surface area contributed by atoms with Crippen LogP contribution >= 0.6 is 23.2 Å². The summed E-state index contributed by atoms with van der Waals surface area (Å²) in [6, 6.07) is 16.5. The molecule has 1 atom stereocenters. The van der Waals surface area contributed by atoms with Crippen molar-refractivity contribution in [3.05, 3.63) is 93.7 Å². The van der Waals surface area contributed by atoms with Crippen molar-refractivity contribution in [2.75, 3.05) is 11.9 Å². The lowest BCUT2D eigenvalue weighted by molar-refractivity contribution is -0.121. The zero-order valence-electron chi connectivity index (χ0n) is 16.2. The van der Waals surface area contributed by atoms with Crippen LogP contribution in [0.2, 0.25) is 10.0 Å². The number of halogens is 2. The second kappa shape index (κ2) is 10.3. The van der Waals surface area contributed by atoms with Gasteiger partial charge in [0.1, 0.15) is 6.04 Å². The Morgan fingerprint density at radius 3 is 2.55 bits per heavy atom. The minimum atomic E-state index is -0.567. The number of hydrogen-bond donors (Lipinski definition) is 2. The number of benzene rings is 2. The number of nitrogens with zero attached hydrogens (tertiary/aromatic N) is 1. The summed E-state index contributed by atoms with van der Waals surface area (Å²) < 4.78 is 0. The Morgan fingerprint density at radius 1 is 1.07 bits per heavy atom. The first-order valence-corrected chi connectivity index (χ1v) is 10.3. The predicted molar refractivity (Wildman–Crippen MR) is 120 cm³/mol. The van der Waals surface area contributed by atoms with Crippen LogP contribution in [0.15, 0.2) is 67.0 Å². The first-order valence-electron chi connectivity index (χ1n) is 9.54. The molecule has 4 nitrogen and oxygen atoms in total. The van der Waals surface area contributed by atoms with Gasteiger partial charge in [-0.25, -0.2) is 0 Å². The molecule has 1 amide bonds. The monoisotopic (exact) mass is 427 g/mol. The van der Waals surface area contributed by atoms with Gasteiger partial charge in [-0.15, -0.1) is 0 Å². The molecule has 150 valence electrons. The highest BCUT2D eigenvalue weighted by Gasteiger charge is 2.23. The Labute approximate surface area is 181 Å². The van der Waals surface area contributed by atoms with Crippen molar-refractivity contribution in [3.8, 4) is 0 Å². The fourth-order valence-electron chi connectivity index (χ4n) is 3.17. The molecule has 1 unspecified atom stereocenters. The van der Waals surface area contributed by atoms with Crippen molar-refractivity contribution in [3.63, 3.8) is 0 Å². The zero-order valence-corrected chi connectivity index (χ0v) is 17.7. The van der Waals surface area contributed by atoms with Gasteiger partial charge in [0, 0.05) is 24.0 Å². The SMILES string of the molecule is CCc1ccccc1C(Nc1ccc(Cl)cc1Cl)C(=O)NCCc1ccncc1. The molecular formula is C23H23Cl2N3O. The van der Waals surface area contributed by atoms with Crippen LogP contribution in [0.5, 0.6) is 0 Å². The van der Waals surface area contributed by atoms with Crippen molar-refractivity contribution in [2.45, 2.75) is 25.8 Å². The Kier molecular flexibility index (Phi) is 7.50. The van der Waals surface area contributed by atoms with Crippen LogP contribution in [-0.2, 0) is 17.6 Å². The van der Waals surface area contributed by atoms with Crippen molar-refractivity contribution in [1.82, 2.24) is 10.3 Å². The number of aryl methyl sites for hydroxylation is 1. The smallest absolute Gasteiger partial charge is 0.247 e. The average molecular weight is 428 g/mol. The molecule has 0 aliphatic rings. The van der Waals surface area contributed by atoms with Gasteiger partial charge < -0.3 is 10.6 Å². The van der Waals surface area contributed by atoms with Gasteiger partial charge in [0.2, 0.25) is 5.91 Å². The molecule has 2 aromatic carbocycles. The molecule has 0 aliphatic carbocycles. The molecular weight excluding hydrogens is 405 g/mol. The summed E-state index contributed by atoms with van der Waals surface area (Å²) >= 11 is 12.4. The lowest BCUT2D eigenvalue weighted by Crippen LogP contribution is -2.35. The third-order valence-electron chi connectivity index (χ3n) is 4.70. The summed E-state index contributed by atoms with van der Waals surface area (Å²) in [5.41, 5.74) is 3.83. The van der Waals surface area contributed by atoms with Crippen LogP contribution in [0.3, 0.4) is 0 Å². The summed E-state index contributed by atoms with van der Waals surface area (Å²) in [5, 5.41) is 7.36. The lowest BCUT2D eigenvalue weighted by atomic mass is 9.97. The summed E-state index contributed by atoms with van der Waals surface area (Å²) in [6.07, 6.45) is 5.06. The number of nitrogens with one attached hydrogen (secondary N) is 2. The first-order chi connectivity index (χ1) is 14.1. The highest BCUT2D eigenvalue weighted by Crippen LogP contribution is 2.30. The molecule has 3 rings (SSSR count). The van der Waals surface area contributed by atoms with E-state index in [0.29, 0.717) is 22.3 Å². The minimum absolute atomic E-state index is 0.106. The predicted octanol–water partition coefficient (Wildman–Crippen LogP) is 5.46. The lowest BCUT2D eigenvalue weighted by Gasteiger charge is -2.23. The Hall–Kier alpha value is -2.56. The summed E-state index contributed by atoms with van der Waals surface area (Å²) in [7, 11) is 0. The molecule has 0 saturated heterocycles. The van der Waals surface area contributed by atoms with Gasteiger partial charge in [0.15, 0.2) is 0 Å². The molecule has 0 bridgehead atoms. The first kappa shape index (κ1) is 21.2. The highest BCUT2D eigenvalue weighted by atomic mass is 35.5. The molecule has 1 aromatic heterocycles. The maximum Gasteiger partial charge on any atom is 0.247 e. The molecule has 1 heterocycles. The van der Waals surface area contributed by atoms with Crippen LogP contribution in [0.1, 0.15) is 29.7 Å². The van der Waals surface area contributed by atoms with Gasteiger partial charge in [-0.3, -0.25) is 9.78 Å². The highest BCUT2D eigenvalue weighted by molar-refractivity contribution is 6.36. The van der Waals surface area contributed by atoms with E-state index in [1.807, 2.05) is 36.4 Å². The van der Waals surface area contributed by atoms with Gasteiger partial charge in [0.05, 0.1) is 10.7 Å². The van der Waals surface area contributed by atoms with E-state index in [1.54, 1.807) is 30.6 Å². The van der Waals surface area contributed by atoms with E-state index in [4.69, 9.17) is 23.2 Å². The number of carbonyl (C=O) groups excluding carboxylic acids is 1. The molecule has 0 spiro atoms. The Balaban J connectivity index is 1.80. The third kappa shape index (κ3) is 5.72. The molecule has 3 aromatic rings. The topological polar surface area (TPSA) is 54.0 Å². The second-order valence-electron chi connectivity index (χ2n) is 6.65. The van der Waals surface area contributed by atoms with Gasteiger partial charge in [-0.2, -0.15) is 0 Å². The fourth-order valence-corrected chi connectivity index (χ4v) is 3.63. The maximum atomic E-state index is 13.1. The Morgan fingerprint density at radius 2 is 1.83 bits per heavy atom. The summed E-state index contributed by atoms with van der Waals surface area (Å²) in [5.74, 6) is -0.106. The van der Waals surface area contributed by atoms with Crippen molar-refractivity contribution < 1.29 is 4.79 Å². The number of carbonyl (C=O) groups is 1. The van der Waals surface area contributed by atoms with Crippen LogP contribution in [-0.4, -0.2) is 17.4 Å². The molecule has 0 fully saturated rings. The normalized spacial score (nSPS) is 11.7. The molecule has 29 heavy (non-hydrogen) atoms. The van der Waals surface area contributed by atoms with Gasteiger partial charge in [0.25, 0.3) is 0 Å². The number of aromatic nitrogens is 1. The Bertz CT molecular complexity index is 963. The summed E-state index contributed by atoms with van der Waals surface area (Å²) in [6.45, 7) is 2.61. The second-order valence-corrected chi connectivity index (χ2v) is 7.49. The molecule has 2 N–H and O–H groups in total. The van der Waals surface area contributed by atoms with E-state index in [1.165, 1.54) is 0 Å². The largest absolute Gasteiger partial charge is 0.369 e. The molecule has 0 radical (unpaired) electrons. The molecule has 6 heteroatoms. The third-order valence-corrected chi connectivity index (χ3v) is 5.25. The maximum absolute atomic E-state index is 13.1. The van der Waals surface area contributed by atoms with Gasteiger partial charge in [-0.05, 0) is 59.9 Å². The van der Waals surface area contributed by atoms with Crippen LogP contribution in [0, 0.1) is 0 Å². The van der Waals surface area contributed by atoms with Gasteiger partial charge >= 0.3 is 0 Å². The molecule has 0 aliphatic heterocycles. The molecule has 0 saturated carbocycles. The number of pyridine rings is 1. The van der Waals surface area contributed by atoms with Gasteiger partial charge in [-0.1, -0.05) is 54.4 Å². The number of amides is 1. The van der Waals surface area contributed by atoms with Crippen molar-refractivity contribution in [2.24, 2.45) is 0 Å². The number of anilines is 1. The zero-order chi connectivity index (χ0) is 20.6. The van der Waals surface area contributed by atoms with Crippen LogP contribution in [0.25, 0.3) is 0 Å².